The molecule has 1 aliphatic heterocycles. The molecular weight excluding hydrogens is 302 g/mol. The summed E-state index contributed by atoms with van der Waals surface area (Å²) in [6.45, 7) is 5.54. The lowest BCUT2D eigenvalue weighted by Crippen LogP contribution is -2.47. The summed E-state index contributed by atoms with van der Waals surface area (Å²) in [7, 11) is 0. The number of hydrogen-bond donors (Lipinski definition) is 0. The quantitative estimate of drug-likeness (QED) is 0.726. The predicted molar refractivity (Wildman–Crippen MR) is 94.5 cm³/mol. The first-order valence-corrected chi connectivity index (χ1v) is 8.38. The Morgan fingerprint density at radius 1 is 0.875 bits per heavy atom. The van der Waals surface area contributed by atoms with E-state index in [9.17, 15) is 4.79 Å². The monoisotopic (exact) mass is 323 g/mol. The predicted octanol–water partition coefficient (Wildman–Crippen LogP) is 1.32. The summed E-state index contributed by atoms with van der Waals surface area (Å²) >= 11 is 0. The van der Waals surface area contributed by atoms with Crippen LogP contribution in [-0.2, 0) is 6.54 Å². The highest BCUT2D eigenvalue weighted by molar-refractivity contribution is 5.46. The first-order valence-electron chi connectivity index (χ1n) is 8.38. The van der Waals surface area contributed by atoms with E-state index >= 15 is 0 Å². The van der Waals surface area contributed by atoms with Crippen LogP contribution in [0.3, 0.4) is 0 Å². The molecule has 1 aliphatic rings. The number of nitrogens with zero attached hydrogens (tertiary/aromatic N) is 5. The van der Waals surface area contributed by atoms with Crippen molar-refractivity contribution in [2.45, 2.75) is 6.54 Å². The molecule has 124 valence electrons. The average Bonchev–Trinajstić information content (AvgIpc) is 2.97. The van der Waals surface area contributed by atoms with Crippen LogP contribution in [0.5, 0.6) is 0 Å². The van der Waals surface area contributed by atoms with Crippen molar-refractivity contribution in [2.75, 3.05) is 37.6 Å². The Kier molecular flexibility index (Phi) is 4.04. The lowest BCUT2D eigenvalue weighted by atomic mass is 10.2. The molecule has 24 heavy (non-hydrogen) atoms. The summed E-state index contributed by atoms with van der Waals surface area (Å²) in [6, 6.07) is 16.1. The molecule has 0 N–H and O–H groups in total. The molecule has 0 amide bonds. The first kappa shape index (κ1) is 15.0. The minimum absolute atomic E-state index is 0.0616. The van der Waals surface area contributed by atoms with Gasteiger partial charge in [-0.1, -0.05) is 24.3 Å². The van der Waals surface area contributed by atoms with E-state index in [0.29, 0.717) is 12.2 Å². The largest absolute Gasteiger partial charge is 0.369 e. The van der Waals surface area contributed by atoms with Crippen molar-refractivity contribution in [3.8, 4) is 0 Å². The zero-order valence-corrected chi connectivity index (χ0v) is 13.6. The van der Waals surface area contributed by atoms with Crippen LogP contribution in [-0.4, -0.2) is 51.8 Å². The molecule has 0 radical (unpaired) electrons. The van der Waals surface area contributed by atoms with Gasteiger partial charge in [-0.25, -0.2) is 9.48 Å². The number of fused-ring (bicyclic) bond motifs is 1. The molecule has 0 aliphatic carbocycles. The molecule has 6 nitrogen and oxygen atoms in total. The summed E-state index contributed by atoms with van der Waals surface area (Å²) in [5.74, 6) is 0. The van der Waals surface area contributed by atoms with Crippen molar-refractivity contribution in [3.05, 3.63) is 65.2 Å². The fraction of sp³-hybridized carbons (Fsp3) is 0.333. The smallest absolute Gasteiger partial charge is 0.350 e. The van der Waals surface area contributed by atoms with Crippen molar-refractivity contribution < 1.29 is 0 Å². The summed E-state index contributed by atoms with van der Waals surface area (Å²) in [4.78, 5) is 17.1. The number of benzene rings is 1. The normalized spacial score (nSPS) is 15.9. The molecule has 1 fully saturated rings. The van der Waals surface area contributed by atoms with Crippen molar-refractivity contribution in [2.24, 2.45) is 0 Å². The van der Waals surface area contributed by atoms with Crippen LogP contribution in [0.25, 0.3) is 5.65 Å². The van der Waals surface area contributed by atoms with E-state index in [1.807, 2.05) is 24.3 Å². The van der Waals surface area contributed by atoms with Gasteiger partial charge in [-0.3, -0.25) is 9.30 Å². The number of piperazine rings is 1. The van der Waals surface area contributed by atoms with Crippen molar-refractivity contribution in [1.29, 1.82) is 0 Å². The van der Waals surface area contributed by atoms with Crippen LogP contribution in [0.1, 0.15) is 0 Å². The van der Waals surface area contributed by atoms with Crippen molar-refractivity contribution in [3.63, 3.8) is 0 Å². The Labute approximate surface area is 140 Å². The molecule has 0 saturated carbocycles. The molecule has 3 heterocycles. The topological polar surface area (TPSA) is 45.8 Å². The highest BCUT2D eigenvalue weighted by atomic mass is 16.2. The number of hydrogen-bond acceptors (Lipinski definition) is 4. The molecule has 0 atom stereocenters. The third-order valence-electron chi connectivity index (χ3n) is 4.61. The van der Waals surface area contributed by atoms with E-state index < -0.39 is 0 Å². The van der Waals surface area contributed by atoms with E-state index in [4.69, 9.17) is 0 Å². The highest BCUT2D eigenvalue weighted by Crippen LogP contribution is 2.15. The number of anilines is 1. The molecule has 6 heteroatoms. The Morgan fingerprint density at radius 3 is 2.38 bits per heavy atom. The summed E-state index contributed by atoms with van der Waals surface area (Å²) in [5.41, 5.74) is 1.93. The standard InChI is InChI=1S/C18H21N5O/c24-18-22-9-5-4-8-17(22)19-23(18)15-12-20-10-13-21(14-11-20)16-6-2-1-3-7-16/h1-9H,10-15H2. The summed E-state index contributed by atoms with van der Waals surface area (Å²) in [5, 5.41) is 4.39. The Hall–Kier alpha value is -2.60. The molecule has 4 rings (SSSR count). The van der Waals surface area contributed by atoms with Gasteiger partial charge in [0, 0.05) is 44.6 Å². The lowest BCUT2D eigenvalue weighted by Gasteiger charge is -2.36. The molecule has 3 aromatic rings. The second kappa shape index (κ2) is 6.49. The van der Waals surface area contributed by atoms with Gasteiger partial charge in [-0.15, -0.1) is 5.10 Å². The van der Waals surface area contributed by atoms with Gasteiger partial charge in [0.2, 0.25) is 0 Å². The molecule has 1 aromatic carbocycles. The van der Waals surface area contributed by atoms with Gasteiger partial charge in [-0.05, 0) is 24.3 Å². The van der Waals surface area contributed by atoms with E-state index in [2.05, 4.69) is 39.2 Å². The van der Waals surface area contributed by atoms with Crippen LogP contribution in [0.15, 0.2) is 59.5 Å². The zero-order valence-electron chi connectivity index (χ0n) is 13.6. The second-order valence-corrected chi connectivity index (χ2v) is 6.10. The Bertz CT molecular complexity index is 862. The maximum Gasteiger partial charge on any atom is 0.350 e. The summed E-state index contributed by atoms with van der Waals surface area (Å²) in [6.07, 6.45) is 1.76. The van der Waals surface area contributed by atoms with Crippen LogP contribution < -0.4 is 10.6 Å². The van der Waals surface area contributed by atoms with Crippen LogP contribution in [0.2, 0.25) is 0 Å². The minimum Gasteiger partial charge on any atom is -0.369 e. The Balaban J connectivity index is 1.36. The molecule has 0 spiro atoms. The van der Waals surface area contributed by atoms with Crippen molar-refractivity contribution in [1.82, 2.24) is 19.1 Å². The van der Waals surface area contributed by atoms with Gasteiger partial charge in [-0.2, -0.15) is 0 Å². The Morgan fingerprint density at radius 2 is 1.62 bits per heavy atom. The van der Waals surface area contributed by atoms with Gasteiger partial charge in [0.25, 0.3) is 0 Å². The first-order chi connectivity index (χ1) is 11.8. The van der Waals surface area contributed by atoms with Gasteiger partial charge < -0.3 is 4.90 Å². The van der Waals surface area contributed by atoms with E-state index in [0.717, 1.165) is 32.7 Å². The third kappa shape index (κ3) is 2.92. The molecule has 2 aromatic heterocycles. The number of para-hydroxylation sites is 1. The maximum absolute atomic E-state index is 12.3. The third-order valence-corrected chi connectivity index (χ3v) is 4.61. The number of rotatable bonds is 4. The highest BCUT2D eigenvalue weighted by Gasteiger charge is 2.17. The molecular formula is C18H21N5O. The van der Waals surface area contributed by atoms with Crippen LogP contribution >= 0.6 is 0 Å². The fourth-order valence-electron chi connectivity index (χ4n) is 3.22. The van der Waals surface area contributed by atoms with Gasteiger partial charge in [0.05, 0.1) is 6.54 Å². The van der Waals surface area contributed by atoms with E-state index in [1.54, 1.807) is 15.3 Å². The maximum atomic E-state index is 12.3. The molecule has 1 saturated heterocycles. The second-order valence-electron chi connectivity index (χ2n) is 6.10. The average molecular weight is 323 g/mol. The van der Waals surface area contributed by atoms with Gasteiger partial charge >= 0.3 is 5.69 Å². The van der Waals surface area contributed by atoms with Gasteiger partial charge in [0.1, 0.15) is 0 Å². The van der Waals surface area contributed by atoms with E-state index in [-0.39, 0.29) is 5.69 Å². The zero-order chi connectivity index (χ0) is 16.4. The van der Waals surface area contributed by atoms with Gasteiger partial charge in [0.15, 0.2) is 5.65 Å². The minimum atomic E-state index is -0.0616. The van der Waals surface area contributed by atoms with Crippen molar-refractivity contribution >= 4 is 11.3 Å². The molecule has 0 unspecified atom stereocenters. The van der Waals surface area contributed by atoms with E-state index in [1.165, 1.54) is 5.69 Å². The molecule has 0 bridgehead atoms. The number of aromatic nitrogens is 3. The lowest BCUT2D eigenvalue weighted by molar-refractivity contribution is 0.243. The fourth-order valence-corrected chi connectivity index (χ4v) is 3.22. The number of pyridine rings is 1. The summed E-state index contributed by atoms with van der Waals surface area (Å²) < 4.78 is 3.16. The SMILES string of the molecule is O=c1n(CCN2CCN(c3ccccc3)CC2)nc2ccccn12. The van der Waals surface area contributed by atoms with Crippen LogP contribution in [0.4, 0.5) is 5.69 Å². The van der Waals surface area contributed by atoms with Crippen LogP contribution in [0, 0.1) is 0 Å².